The molecule has 26 heavy (non-hydrogen) atoms. The minimum atomic E-state index is -0.950. The van der Waals surface area contributed by atoms with Crippen molar-refractivity contribution in [2.45, 2.75) is 19.8 Å². The number of nitrogens with one attached hydrogen (secondary N) is 1. The fourth-order valence-corrected chi connectivity index (χ4v) is 3.52. The normalized spacial score (nSPS) is 13.2. The summed E-state index contributed by atoms with van der Waals surface area (Å²) in [6, 6.07) is 17.3. The van der Waals surface area contributed by atoms with Gasteiger partial charge in [-0.25, -0.2) is 0 Å². The molecule has 0 saturated carbocycles. The largest absolute Gasteiger partial charge is 0.465 e. The number of carbonyl (C=O) groups excluding carboxylic acids is 1. The van der Waals surface area contributed by atoms with E-state index in [0.717, 1.165) is 27.7 Å². The fourth-order valence-electron chi connectivity index (χ4n) is 3.39. The number of carbonyl (C=O) groups is 1. The van der Waals surface area contributed by atoms with E-state index in [2.05, 4.69) is 11.1 Å². The van der Waals surface area contributed by atoms with Gasteiger partial charge >= 0.3 is 5.97 Å². The molecule has 2 atom stereocenters. The number of aryl methyl sites for hydroxylation is 1. The van der Waals surface area contributed by atoms with Gasteiger partial charge in [-0.15, -0.1) is 0 Å². The summed E-state index contributed by atoms with van der Waals surface area (Å²) in [5.41, 5.74) is 3.68. The molecule has 0 bridgehead atoms. The van der Waals surface area contributed by atoms with Crippen LogP contribution in [0.3, 0.4) is 0 Å². The van der Waals surface area contributed by atoms with E-state index >= 15 is 0 Å². The molecule has 0 saturated heterocycles. The Bertz CT molecular complexity index is 970. The molecule has 4 nitrogen and oxygen atoms in total. The van der Waals surface area contributed by atoms with Crippen LogP contribution in [0.4, 0.5) is 0 Å². The zero-order valence-electron chi connectivity index (χ0n) is 14.6. The number of hydrogen-bond donors (Lipinski definition) is 1. The number of halogens is 1. The summed E-state index contributed by atoms with van der Waals surface area (Å²) >= 11 is 6.03. The van der Waals surface area contributed by atoms with E-state index in [1.165, 1.54) is 0 Å². The molecule has 2 aromatic carbocycles. The lowest BCUT2D eigenvalue weighted by molar-refractivity contribution is -0.146. The van der Waals surface area contributed by atoms with E-state index in [1.807, 2.05) is 43.3 Å². The van der Waals surface area contributed by atoms with Crippen LogP contribution in [0.25, 0.3) is 10.9 Å². The highest BCUT2D eigenvalue weighted by atomic mass is 35.5. The molecule has 0 aliphatic carbocycles. The van der Waals surface area contributed by atoms with Crippen molar-refractivity contribution in [3.63, 3.8) is 0 Å². The highest BCUT2D eigenvalue weighted by molar-refractivity contribution is 6.30. The summed E-state index contributed by atoms with van der Waals surface area (Å²) < 4.78 is 5.17. The minimum Gasteiger partial charge on any atom is -0.465 e. The van der Waals surface area contributed by atoms with Crippen molar-refractivity contribution in [1.29, 1.82) is 5.26 Å². The van der Waals surface area contributed by atoms with Gasteiger partial charge in [-0.3, -0.25) is 4.79 Å². The Morgan fingerprint density at radius 1 is 1.23 bits per heavy atom. The number of rotatable bonds is 5. The van der Waals surface area contributed by atoms with Gasteiger partial charge in [-0.1, -0.05) is 41.9 Å². The van der Waals surface area contributed by atoms with Crippen molar-refractivity contribution < 1.29 is 9.53 Å². The van der Waals surface area contributed by atoms with Crippen molar-refractivity contribution in [3.8, 4) is 6.07 Å². The molecule has 0 spiro atoms. The number of ether oxygens (including phenoxy) is 1. The van der Waals surface area contributed by atoms with Gasteiger partial charge in [-0.05, 0) is 43.2 Å². The number of hydrogen-bond acceptors (Lipinski definition) is 3. The molecule has 0 amide bonds. The van der Waals surface area contributed by atoms with E-state index in [1.54, 1.807) is 19.1 Å². The van der Waals surface area contributed by atoms with Gasteiger partial charge in [0.2, 0.25) is 0 Å². The van der Waals surface area contributed by atoms with E-state index in [9.17, 15) is 10.1 Å². The second-order valence-electron chi connectivity index (χ2n) is 6.10. The first-order chi connectivity index (χ1) is 12.6. The van der Waals surface area contributed by atoms with Crippen LogP contribution in [0, 0.1) is 24.2 Å². The number of fused-ring (bicyclic) bond motifs is 1. The Morgan fingerprint density at radius 2 is 1.92 bits per heavy atom. The van der Waals surface area contributed by atoms with Crippen LogP contribution in [-0.4, -0.2) is 17.6 Å². The van der Waals surface area contributed by atoms with E-state index < -0.39 is 17.8 Å². The van der Waals surface area contributed by atoms with Gasteiger partial charge in [0.15, 0.2) is 5.92 Å². The molecule has 0 fully saturated rings. The maximum atomic E-state index is 12.5. The van der Waals surface area contributed by atoms with Crippen LogP contribution >= 0.6 is 11.6 Å². The quantitative estimate of drug-likeness (QED) is 0.648. The molecular weight excluding hydrogens is 348 g/mol. The lowest BCUT2D eigenvalue weighted by Gasteiger charge is -2.22. The summed E-state index contributed by atoms with van der Waals surface area (Å²) in [5.74, 6) is -1.92. The van der Waals surface area contributed by atoms with Crippen molar-refractivity contribution >= 4 is 28.5 Å². The van der Waals surface area contributed by atoms with Gasteiger partial charge < -0.3 is 9.72 Å². The zero-order valence-corrected chi connectivity index (χ0v) is 15.4. The summed E-state index contributed by atoms with van der Waals surface area (Å²) in [7, 11) is 0. The minimum absolute atomic E-state index is 0.233. The van der Waals surface area contributed by atoms with Crippen molar-refractivity contribution in [3.05, 3.63) is 70.4 Å². The fraction of sp³-hybridized carbons (Fsp3) is 0.238. The van der Waals surface area contributed by atoms with Gasteiger partial charge in [0.25, 0.3) is 0 Å². The van der Waals surface area contributed by atoms with E-state index in [0.29, 0.717) is 5.02 Å². The second-order valence-corrected chi connectivity index (χ2v) is 6.53. The van der Waals surface area contributed by atoms with Gasteiger partial charge in [0, 0.05) is 27.5 Å². The summed E-state index contributed by atoms with van der Waals surface area (Å²) in [6.45, 7) is 3.93. The number of benzene rings is 2. The van der Waals surface area contributed by atoms with E-state index in [4.69, 9.17) is 16.3 Å². The second kappa shape index (κ2) is 7.63. The molecule has 3 rings (SSSR count). The topological polar surface area (TPSA) is 65.9 Å². The first kappa shape index (κ1) is 18.0. The summed E-state index contributed by atoms with van der Waals surface area (Å²) in [4.78, 5) is 15.9. The van der Waals surface area contributed by atoms with Crippen LogP contribution in [0.5, 0.6) is 0 Å². The van der Waals surface area contributed by atoms with Crippen LogP contribution < -0.4 is 0 Å². The third kappa shape index (κ3) is 3.31. The lowest BCUT2D eigenvalue weighted by Crippen LogP contribution is -2.24. The average molecular weight is 367 g/mol. The first-order valence-electron chi connectivity index (χ1n) is 8.45. The van der Waals surface area contributed by atoms with Crippen molar-refractivity contribution in [2.24, 2.45) is 5.92 Å². The number of nitriles is 1. The smallest absolute Gasteiger partial charge is 0.324 e. The maximum absolute atomic E-state index is 12.5. The average Bonchev–Trinajstić information content (AvgIpc) is 2.96. The molecule has 1 aromatic heterocycles. The predicted molar refractivity (Wildman–Crippen MR) is 102 cm³/mol. The standard InChI is InChI=1S/C21H19ClN2O2/c1-3-26-21(25)17(12-23)20(14-8-10-15(22)11-9-14)19-13(2)24-18-7-5-4-6-16(18)19/h4-11,17,20,24H,3H2,1-2H3/t17-,20+/m1/s1. The first-order valence-corrected chi connectivity index (χ1v) is 8.83. The van der Waals surface area contributed by atoms with Gasteiger partial charge in [0.1, 0.15) is 0 Å². The Labute approximate surface area is 157 Å². The molecule has 132 valence electrons. The Morgan fingerprint density at radius 3 is 2.58 bits per heavy atom. The Kier molecular flexibility index (Phi) is 5.29. The molecule has 0 aliphatic rings. The maximum Gasteiger partial charge on any atom is 0.324 e. The molecule has 1 N–H and O–H groups in total. The highest BCUT2D eigenvalue weighted by Gasteiger charge is 2.35. The number of nitrogens with zero attached hydrogens (tertiary/aromatic N) is 1. The zero-order chi connectivity index (χ0) is 18.7. The highest BCUT2D eigenvalue weighted by Crippen LogP contribution is 2.39. The number of esters is 1. The van der Waals surface area contributed by atoms with Crippen LogP contribution in [0.1, 0.15) is 29.7 Å². The summed E-state index contributed by atoms with van der Waals surface area (Å²) in [6.07, 6.45) is 0. The number of aromatic amines is 1. The van der Waals surface area contributed by atoms with Gasteiger partial charge in [-0.2, -0.15) is 5.26 Å². The van der Waals surface area contributed by atoms with Crippen LogP contribution in [0.15, 0.2) is 48.5 Å². The predicted octanol–water partition coefficient (Wildman–Crippen LogP) is 4.96. The molecule has 1 heterocycles. The SMILES string of the molecule is CCOC(=O)[C@H](C#N)[C@H](c1ccc(Cl)cc1)c1c(C)[nH]c2ccccc12. The number of H-pyrrole nitrogens is 1. The third-order valence-electron chi connectivity index (χ3n) is 4.50. The lowest BCUT2D eigenvalue weighted by atomic mass is 9.80. The molecule has 0 unspecified atom stereocenters. The van der Waals surface area contributed by atoms with E-state index in [-0.39, 0.29) is 6.61 Å². The Hall–Kier alpha value is -2.77. The number of aromatic nitrogens is 1. The van der Waals surface area contributed by atoms with Crippen LogP contribution in [0.2, 0.25) is 5.02 Å². The molecule has 5 heteroatoms. The Balaban J connectivity index is 2.23. The molecule has 3 aromatic rings. The molecule has 0 aliphatic heterocycles. The van der Waals surface area contributed by atoms with Crippen LogP contribution in [-0.2, 0) is 9.53 Å². The monoisotopic (exact) mass is 366 g/mol. The summed E-state index contributed by atoms with van der Waals surface area (Å²) in [5, 5.41) is 11.4. The third-order valence-corrected chi connectivity index (χ3v) is 4.75. The molecular formula is C21H19ClN2O2. The van der Waals surface area contributed by atoms with Crippen molar-refractivity contribution in [2.75, 3.05) is 6.61 Å². The number of para-hydroxylation sites is 1. The van der Waals surface area contributed by atoms with Crippen molar-refractivity contribution in [1.82, 2.24) is 4.98 Å². The molecule has 0 radical (unpaired) electrons. The van der Waals surface area contributed by atoms with Gasteiger partial charge in [0.05, 0.1) is 12.7 Å².